The minimum Gasteiger partial charge on any atom is -0.324 e. The zero-order valence-electron chi connectivity index (χ0n) is 11.8. The van der Waals surface area contributed by atoms with Gasteiger partial charge in [-0.2, -0.15) is 0 Å². The largest absolute Gasteiger partial charge is 0.324 e. The van der Waals surface area contributed by atoms with Gasteiger partial charge >= 0.3 is 0 Å². The van der Waals surface area contributed by atoms with Gasteiger partial charge in [0.25, 0.3) is 0 Å². The molecule has 2 nitrogen and oxygen atoms in total. The normalized spacial score (nSPS) is 36.8. The molecule has 2 bridgehead atoms. The van der Waals surface area contributed by atoms with Gasteiger partial charge in [-0.15, -0.1) is 0 Å². The summed E-state index contributed by atoms with van der Waals surface area (Å²) in [4.78, 5) is 12.7. The highest BCUT2D eigenvalue weighted by Gasteiger charge is 2.52. The van der Waals surface area contributed by atoms with E-state index >= 15 is 0 Å². The lowest BCUT2D eigenvalue weighted by Gasteiger charge is -2.33. The maximum atomic E-state index is 12.7. The van der Waals surface area contributed by atoms with E-state index < -0.39 is 0 Å². The van der Waals surface area contributed by atoms with Crippen LogP contribution >= 0.6 is 23.2 Å². The van der Waals surface area contributed by atoms with Crippen LogP contribution in [0.15, 0.2) is 18.2 Å². The molecule has 3 saturated carbocycles. The number of amides is 1. The molecule has 4 rings (SSSR count). The second-order valence-corrected chi connectivity index (χ2v) is 7.80. The molecule has 0 aromatic heterocycles. The highest BCUT2D eigenvalue weighted by Crippen LogP contribution is 2.58. The first-order valence-corrected chi connectivity index (χ1v) is 8.63. The third-order valence-corrected chi connectivity index (χ3v) is 6.46. The first-order valence-electron chi connectivity index (χ1n) is 7.87. The minimum absolute atomic E-state index is 0.140. The number of carbonyl (C=O) groups excluding carboxylic acids is 1. The molecule has 0 radical (unpaired) electrons. The number of carbonyl (C=O) groups is 1. The van der Waals surface area contributed by atoms with Gasteiger partial charge in [0.2, 0.25) is 5.91 Å². The molecular weight excluding hydrogens is 305 g/mol. The molecular formula is C17H19Cl2NO. The summed E-state index contributed by atoms with van der Waals surface area (Å²) in [6.45, 7) is 0. The van der Waals surface area contributed by atoms with E-state index in [0.717, 1.165) is 24.2 Å². The number of halogens is 2. The summed E-state index contributed by atoms with van der Waals surface area (Å²) < 4.78 is 0. The third-order valence-electron chi connectivity index (χ3n) is 5.89. The van der Waals surface area contributed by atoms with Crippen LogP contribution in [0.25, 0.3) is 0 Å². The van der Waals surface area contributed by atoms with Crippen LogP contribution < -0.4 is 5.32 Å². The molecule has 112 valence electrons. The predicted octanol–water partition coefficient (Wildman–Crippen LogP) is 5.00. The van der Waals surface area contributed by atoms with Crippen molar-refractivity contribution in [2.45, 2.75) is 32.1 Å². The van der Waals surface area contributed by atoms with Crippen LogP contribution in [0.1, 0.15) is 32.1 Å². The van der Waals surface area contributed by atoms with E-state index in [4.69, 9.17) is 23.2 Å². The Balaban J connectivity index is 1.54. The van der Waals surface area contributed by atoms with Gasteiger partial charge in [0.05, 0.1) is 10.7 Å². The number of hydrogen-bond donors (Lipinski definition) is 1. The predicted molar refractivity (Wildman–Crippen MR) is 85.6 cm³/mol. The lowest BCUT2D eigenvalue weighted by Crippen LogP contribution is -2.35. The summed E-state index contributed by atoms with van der Waals surface area (Å²) >= 11 is 12.1. The van der Waals surface area contributed by atoms with Crippen LogP contribution in [-0.4, -0.2) is 5.91 Å². The molecule has 3 aliphatic rings. The summed E-state index contributed by atoms with van der Waals surface area (Å²) in [5.74, 6) is 3.36. The van der Waals surface area contributed by atoms with Crippen molar-refractivity contribution in [2.24, 2.45) is 29.6 Å². The van der Waals surface area contributed by atoms with E-state index in [1.165, 1.54) is 25.7 Å². The number of fused-ring (bicyclic) bond motifs is 1. The van der Waals surface area contributed by atoms with E-state index in [2.05, 4.69) is 5.32 Å². The van der Waals surface area contributed by atoms with Crippen molar-refractivity contribution in [2.75, 3.05) is 5.32 Å². The van der Waals surface area contributed by atoms with Crippen molar-refractivity contribution in [1.29, 1.82) is 0 Å². The Morgan fingerprint density at radius 1 is 1.10 bits per heavy atom. The quantitative estimate of drug-likeness (QED) is 0.814. The van der Waals surface area contributed by atoms with Crippen LogP contribution in [-0.2, 0) is 4.79 Å². The van der Waals surface area contributed by atoms with E-state index in [0.29, 0.717) is 21.7 Å². The molecule has 0 saturated heterocycles. The fraction of sp³-hybridized carbons (Fsp3) is 0.588. The maximum Gasteiger partial charge on any atom is 0.227 e. The van der Waals surface area contributed by atoms with Crippen LogP contribution in [0.5, 0.6) is 0 Å². The molecule has 3 aliphatic carbocycles. The van der Waals surface area contributed by atoms with Crippen molar-refractivity contribution in [1.82, 2.24) is 0 Å². The molecule has 0 aliphatic heterocycles. The number of anilines is 1. The van der Waals surface area contributed by atoms with Crippen molar-refractivity contribution in [3.05, 3.63) is 28.2 Å². The van der Waals surface area contributed by atoms with Crippen molar-refractivity contribution in [3.8, 4) is 0 Å². The topological polar surface area (TPSA) is 29.1 Å². The minimum atomic E-state index is 0.140. The number of nitrogens with one attached hydrogen (secondary N) is 1. The molecule has 21 heavy (non-hydrogen) atoms. The number of hydrogen-bond acceptors (Lipinski definition) is 1. The Morgan fingerprint density at radius 2 is 1.95 bits per heavy atom. The summed E-state index contributed by atoms with van der Waals surface area (Å²) in [6.07, 6.45) is 6.32. The SMILES string of the molecule is O=C(Nc1cc(Cl)ccc1Cl)[C@@H]1C[C@H]2C[C@H]3CC[C@H]1[C@H]3C2. The van der Waals surface area contributed by atoms with Crippen LogP contribution in [0.2, 0.25) is 10.0 Å². The van der Waals surface area contributed by atoms with Gasteiger partial charge in [-0.3, -0.25) is 4.79 Å². The summed E-state index contributed by atoms with van der Waals surface area (Å²) in [7, 11) is 0. The standard InChI is InChI=1S/C17H19Cl2NO/c18-11-2-4-15(19)16(8-11)20-17(21)14-7-9-5-10-1-3-12(14)13(10)6-9/h2,4,8-10,12-14H,1,3,5-7H2,(H,20,21)/t9-,10+,12-,13-,14+/m0/s1. The first-order chi connectivity index (χ1) is 10.1. The molecule has 1 N–H and O–H groups in total. The van der Waals surface area contributed by atoms with E-state index in [9.17, 15) is 4.79 Å². The Bertz CT molecular complexity index is 586. The average molecular weight is 324 g/mol. The smallest absolute Gasteiger partial charge is 0.227 e. The summed E-state index contributed by atoms with van der Waals surface area (Å²) in [6, 6.07) is 5.20. The summed E-state index contributed by atoms with van der Waals surface area (Å²) in [5, 5.41) is 4.17. The third kappa shape index (κ3) is 2.37. The van der Waals surface area contributed by atoms with E-state index in [1.54, 1.807) is 18.2 Å². The summed E-state index contributed by atoms with van der Waals surface area (Å²) in [5.41, 5.74) is 0.640. The lowest BCUT2D eigenvalue weighted by molar-refractivity contribution is -0.123. The highest BCUT2D eigenvalue weighted by atomic mass is 35.5. The zero-order chi connectivity index (χ0) is 14.6. The van der Waals surface area contributed by atoms with Crippen LogP contribution in [0.4, 0.5) is 5.69 Å². The van der Waals surface area contributed by atoms with E-state index in [-0.39, 0.29) is 11.8 Å². The van der Waals surface area contributed by atoms with Gasteiger partial charge in [-0.1, -0.05) is 23.2 Å². The van der Waals surface area contributed by atoms with Crippen molar-refractivity contribution in [3.63, 3.8) is 0 Å². The van der Waals surface area contributed by atoms with Gasteiger partial charge < -0.3 is 5.32 Å². The monoisotopic (exact) mass is 323 g/mol. The molecule has 1 amide bonds. The number of rotatable bonds is 2. The first kappa shape index (κ1) is 13.9. The van der Waals surface area contributed by atoms with Crippen molar-refractivity contribution >= 4 is 34.8 Å². The molecule has 0 unspecified atom stereocenters. The highest BCUT2D eigenvalue weighted by molar-refractivity contribution is 6.35. The molecule has 4 heteroatoms. The van der Waals surface area contributed by atoms with Gasteiger partial charge in [0, 0.05) is 10.9 Å². The van der Waals surface area contributed by atoms with Gasteiger partial charge in [0.1, 0.15) is 0 Å². The molecule has 0 spiro atoms. The Morgan fingerprint density at radius 3 is 2.81 bits per heavy atom. The molecule has 5 atom stereocenters. The zero-order valence-corrected chi connectivity index (χ0v) is 13.3. The van der Waals surface area contributed by atoms with Gasteiger partial charge in [-0.25, -0.2) is 0 Å². The van der Waals surface area contributed by atoms with Crippen molar-refractivity contribution < 1.29 is 4.79 Å². The molecule has 0 heterocycles. The molecule has 1 aromatic carbocycles. The second-order valence-electron chi connectivity index (χ2n) is 6.96. The number of benzene rings is 1. The molecule has 3 fully saturated rings. The van der Waals surface area contributed by atoms with Crippen LogP contribution in [0, 0.1) is 29.6 Å². The second kappa shape index (κ2) is 5.17. The maximum absolute atomic E-state index is 12.7. The average Bonchev–Trinajstić information content (AvgIpc) is 2.97. The Hall–Kier alpha value is -0.730. The fourth-order valence-corrected chi connectivity index (χ4v) is 5.44. The molecule has 1 aromatic rings. The Kier molecular flexibility index (Phi) is 3.42. The van der Waals surface area contributed by atoms with Crippen LogP contribution in [0.3, 0.4) is 0 Å². The fourth-order valence-electron chi connectivity index (χ4n) is 5.10. The van der Waals surface area contributed by atoms with Gasteiger partial charge in [0.15, 0.2) is 0 Å². The Labute approximate surface area is 135 Å². The lowest BCUT2D eigenvalue weighted by atomic mass is 9.72. The van der Waals surface area contributed by atoms with Gasteiger partial charge in [-0.05, 0) is 74.0 Å². The van der Waals surface area contributed by atoms with E-state index in [1.807, 2.05) is 0 Å².